The van der Waals surface area contributed by atoms with Crippen LogP contribution < -0.4 is 0 Å². The molecule has 7 heteroatoms. The number of Topliss-reactive ketones (excluding diaryl/α,β-unsaturated/α-hetero) is 1. The van der Waals surface area contributed by atoms with E-state index in [0.717, 1.165) is 0 Å². The molecule has 0 aromatic rings. The molecule has 0 spiro atoms. The molecule has 9 unspecified atom stereocenters. The van der Waals surface area contributed by atoms with Crippen LogP contribution in [-0.2, 0) is 14.3 Å². The van der Waals surface area contributed by atoms with Gasteiger partial charge in [0.1, 0.15) is 29.5 Å². The number of cyclic esters (lactones) is 1. The lowest BCUT2D eigenvalue weighted by Gasteiger charge is -2.46. The fraction of sp³-hybridized carbons (Fsp3) is 0.923. The highest BCUT2D eigenvalue weighted by Crippen LogP contribution is 2.44. The van der Waals surface area contributed by atoms with Crippen LogP contribution in [0, 0.1) is 29.1 Å². The Balaban J connectivity index is 3.56. The van der Waals surface area contributed by atoms with E-state index < -0.39 is 53.2 Å². The van der Waals surface area contributed by atoms with Crippen molar-refractivity contribution >= 4 is 11.8 Å². The van der Waals surface area contributed by atoms with E-state index in [-0.39, 0.29) is 17.1 Å². The summed E-state index contributed by atoms with van der Waals surface area (Å²) < 4.78 is 5.62. The van der Waals surface area contributed by atoms with Crippen LogP contribution in [-0.4, -0.2) is 75.0 Å². The number of rotatable bonds is 1. The average molecular weight is 472 g/mol. The van der Waals surface area contributed by atoms with Gasteiger partial charge in [0, 0.05) is 24.4 Å². The van der Waals surface area contributed by atoms with Crippen LogP contribution in [0.2, 0.25) is 0 Å². The summed E-state index contributed by atoms with van der Waals surface area (Å²) in [7, 11) is 1.87. The van der Waals surface area contributed by atoms with Gasteiger partial charge in [-0.2, -0.15) is 0 Å². The van der Waals surface area contributed by atoms with Gasteiger partial charge in [0.15, 0.2) is 0 Å². The average Bonchev–Trinajstić information content (AvgIpc) is 2.66. The minimum Gasteiger partial charge on any atom is -0.459 e. The lowest BCUT2D eigenvalue weighted by Crippen LogP contribution is -2.59. The molecule has 1 fully saturated rings. The highest BCUT2D eigenvalue weighted by Gasteiger charge is 2.49. The molecule has 1 rings (SSSR count). The van der Waals surface area contributed by atoms with Gasteiger partial charge >= 0.3 is 5.97 Å². The molecule has 3 N–H and O–H groups in total. The van der Waals surface area contributed by atoms with Crippen molar-refractivity contribution in [1.82, 2.24) is 4.90 Å². The van der Waals surface area contributed by atoms with Crippen LogP contribution >= 0.6 is 0 Å². The van der Waals surface area contributed by atoms with Crippen molar-refractivity contribution < 1.29 is 29.6 Å². The molecule has 1 aliphatic heterocycles. The Morgan fingerprint density at radius 2 is 1.61 bits per heavy atom. The molecule has 0 aromatic heterocycles. The molecule has 1 saturated heterocycles. The second-order valence-corrected chi connectivity index (χ2v) is 12.1. The Morgan fingerprint density at radius 1 is 1.09 bits per heavy atom. The van der Waals surface area contributed by atoms with Gasteiger partial charge in [-0.1, -0.05) is 41.5 Å². The normalized spacial score (nSPS) is 43.5. The lowest BCUT2D eigenvalue weighted by molar-refractivity contribution is -0.189. The van der Waals surface area contributed by atoms with Crippen molar-refractivity contribution in [2.45, 2.75) is 112 Å². The number of aliphatic hydroxyl groups is 3. The quantitative estimate of drug-likeness (QED) is 0.398. The number of carbonyl (C=O) groups is 2. The summed E-state index contributed by atoms with van der Waals surface area (Å²) in [5, 5.41) is 33.9. The highest BCUT2D eigenvalue weighted by atomic mass is 16.6. The maximum Gasteiger partial charge on any atom is 0.316 e. The van der Waals surface area contributed by atoms with E-state index in [9.17, 15) is 24.9 Å². The van der Waals surface area contributed by atoms with Crippen LogP contribution in [0.3, 0.4) is 0 Å². The van der Waals surface area contributed by atoms with Gasteiger partial charge < -0.3 is 25.0 Å². The van der Waals surface area contributed by atoms with E-state index in [0.29, 0.717) is 19.4 Å². The maximum atomic E-state index is 13.4. The van der Waals surface area contributed by atoms with Crippen LogP contribution in [0.15, 0.2) is 0 Å². The Kier molecular flexibility index (Phi) is 9.74. The summed E-state index contributed by atoms with van der Waals surface area (Å²) in [6.07, 6.45) is -1.42. The van der Waals surface area contributed by atoms with Crippen LogP contribution in [0.5, 0.6) is 0 Å². The van der Waals surface area contributed by atoms with Gasteiger partial charge in [0.2, 0.25) is 0 Å². The van der Waals surface area contributed by atoms with Crippen LogP contribution in [0.25, 0.3) is 0 Å². The zero-order valence-electron chi connectivity index (χ0n) is 22.7. The van der Waals surface area contributed by atoms with Gasteiger partial charge in [0.25, 0.3) is 0 Å². The first-order valence-corrected chi connectivity index (χ1v) is 12.4. The monoisotopic (exact) mass is 471 g/mol. The third-order valence-corrected chi connectivity index (χ3v) is 7.73. The van der Waals surface area contributed by atoms with Gasteiger partial charge in [-0.05, 0) is 58.9 Å². The molecule has 33 heavy (non-hydrogen) atoms. The first kappa shape index (κ1) is 30.0. The van der Waals surface area contributed by atoms with Crippen molar-refractivity contribution in [3.63, 3.8) is 0 Å². The fourth-order valence-corrected chi connectivity index (χ4v) is 6.23. The predicted molar refractivity (Wildman–Crippen MR) is 130 cm³/mol. The summed E-state index contributed by atoms with van der Waals surface area (Å²) in [6.45, 7) is 18.8. The Bertz CT molecular complexity index is 683. The van der Waals surface area contributed by atoms with E-state index in [2.05, 4.69) is 0 Å². The number of carbonyl (C=O) groups excluding carboxylic acids is 2. The van der Waals surface area contributed by atoms with Crippen molar-refractivity contribution in [3.05, 3.63) is 0 Å². The Morgan fingerprint density at radius 3 is 2.06 bits per heavy atom. The second-order valence-electron chi connectivity index (χ2n) is 12.1. The van der Waals surface area contributed by atoms with E-state index in [1.165, 1.54) is 13.8 Å². The number of ketones is 1. The van der Waals surface area contributed by atoms with Crippen LogP contribution in [0.1, 0.15) is 82.1 Å². The van der Waals surface area contributed by atoms with E-state index >= 15 is 0 Å². The third kappa shape index (κ3) is 6.77. The number of aliphatic hydroxyl groups excluding tert-OH is 1. The summed E-state index contributed by atoms with van der Waals surface area (Å²) in [5.74, 6) is -2.98. The zero-order valence-corrected chi connectivity index (χ0v) is 22.7. The molecule has 9 atom stereocenters. The summed E-state index contributed by atoms with van der Waals surface area (Å²) >= 11 is 0. The number of hydrogen-bond donors (Lipinski definition) is 3. The van der Waals surface area contributed by atoms with Crippen molar-refractivity contribution in [2.24, 2.45) is 29.1 Å². The first-order valence-electron chi connectivity index (χ1n) is 12.4. The Hall–Kier alpha value is -1.02. The largest absolute Gasteiger partial charge is 0.459 e. The van der Waals surface area contributed by atoms with Gasteiger partial charge in [-0.3, -0.25) is 9.59 Å². The standard InChI is InChI=1S/C26H49NO6/c1-12-19-26(10,32)22(29)18(5)27(11)14-15(2)13-25(9,31)21(24(6,7)8)16(3)20(28)17(4)23(30)33-19/h15-19,21-22,29,31-32H,12-14H2,1-11H3. The molecule has 1 aliphatic rings. The SMILES string of the molecule is CCC1OC(=O)C(C)C(=O)C(C)C(C(C)(C)C)C(C)(O)CC(C)CN(C)C(C)C(O)C1(C)O. The molecule has 194 valence electrons. The smallest absolute Gasteiger partial charge is 0.316 e. The highest BCUT2D eigenvalue weighted by molar-refractivity contribution is 5.99. The minimum atomic E-state index is -1.70. The third-order valence-electron chi connectivity index (χ3n) is 7.73. The summed E-state index contributed by atoms with van der Waals surface area (Å²) in [5.41, 5.74) is -3.24. The van der Waals surface area contributed by atoms with E-state index in [1.54, 1.807) is 20.8 Å². The number of ether oxygens (including phenoxy) is 1. The number of likely N-dealkylation sites (N-methyl/N-ethyl adjacent to an activating group) is 1. The molecule has 0 saturated carbocycles. The second kappa shape index (κ2) is 10.7. The molecular weight excluding hydrogens is 422 g/mol. The lowest BCUT2D eigenvalue weighted by atomic mass is 9.61. The topological polar surface area (TPSA) is 107 Å². The van der Waals surface area contributed by atoms with Gasteiger partial charge in [-0.15, -0.1) is 0 Å². The first-order chi connectivity index (χ1) is 14.8. The summed E-state index contributed by atoms with van der Waals surface area (Å²) in [4.78, 5) is 28.3. The molecule has 0 radical (unpaired) electrons. The molecule has 0 amide bonds. The van der Waals surface area contributed by atoms with Crippen LogP contribution in [0.4, 0.5) is 0 Å². The van der Waals surface area contributed by atoms with Gasteiger partial charge in [-0.25, -0.2) is 0 Å². The molecule has 0 aliphatic carbocycles. The fourth-order valence-electron chi connectivity index (χ4n) is 6.23. The molecule has 7 nitrogen and oxygen atoms in total. The van der Waals surface area contributed by atoms with Crippen molar-refractivity contribution in [1.29, 1.82) is 0 Å². The molecule has 0 aromatic carbocycles. The predicted octanol–water partition coefficient (Wildman–Crippen LogP) is 3.03. The molecule has 1 heterocycles. The van der Waals surface area contributed by atoms with Gasteiger partial charge in [0.05, 0.1) is 5.60 Å². The Labute approximate surface area is 200 Å². The van der Waals surface area contributed by atoms with Crippen molar-refractivity contribution in [3.8, 4) is 0 Å². The number of esters is 1. The van der Waals surface area contributed by atoms with E-state index in [4.69, 9.17) is 4.74 Å². The number of nitrogens with zero attached hydrogens (tertiary/aromatic N) is 1. The number of hydrogen-bond acceptors (Lipinski definition) is 7. The van der Waals surface area contributed by atoms with Crippen molar-refractivity contribution in [2.75, 3.05) is 13.6 Å². The zero-order chi connectivity index (χ0) is 26.1. The maximum absolute atomic E-state index is 13.4. The molecule has 0 bridgehead atoms. The van der Waals surface area contributed by atoms with E-state index in [1.807, 2.05) is 46.6 Å². The minimum absolute atomic E-state index is 0.0548. The molecular formula is C26H49NO6. The summed E-state index contributed by atoms with van der Waals surface area (Å²) in [6, 6.07) is -0.429.